The standard InChI is InChI=1S/C18H16F3NO5/c1-18(2)26-8-9(27-18)7-25-13-6-4-10(19)14(15(13)21)16-11(20)3-5-12(22-16)17(23)24/h3-6,9H,7-8H2,1-2H3,(H,23,24). The van der Waals surface area contributed by atoms with Gasteiger partial charge in [0.2, 0.25) is 0 Å². The molecule has 2 heterocycles. The van der Waals surface area contributed by atoms with Gasteiger partial charge in [-0.3, -0.25) is 0 Å². The summed E-state index contributed by atoms with van der Waals surface area (Å²) < 4.78 is 59.2. The van der Waals surface area contributed by atoms with Crippen LogP contribution in [-0.2, 0) is 9.47 Å². The summed E-state index contributed by atoms with van der Waals surface area (Å²) in [6, 6.07) is 3.62. The average Bonchev–Trinajstić information content (AvgIpc) is 2.94. The molecule has 1 saturated heterocycles. The monoisotopic (exact) mass is 383 g/mol. The van der Waals surface area contributed by atoms with E-state index in [9.17, 15) is 18.0 Å². The first-order chi connectivity index (χ1) is 12.7. The van der Waals surface area contributed by atoms with Gasteiger partial charge >= 0.3 is 5.97 Å². The lowest BCUT2D eigenvalue weighted by Gasteiger charge is -2.17. The molecule has 6 nitrogen and oxygen atoms in total. The second-order valence-corrected chi connectivity index (χ2v) is 6.33. The van der Waals surface area contributed by atoms with E-state index in [1.54, 1.807) is 13.8 Å². The molecule has 1 fully saturated rings. The number of carboxylic acids is 1. The maximum Gasteiger partial charge on any atom is 0.354 e. The Morgan fingerprint density at radius 1 is 1.26 bits per heavy atom. The van der Waals surface area contributed by atoms with Crippen molar-refractivity contribution in [3.05, 3.63) is 47.4 Å². The predicted octanol–water partition coefficient (Wildman–Crippen LogP) is 3.39. The molecule has 1 atom stereocenters. The molecular formula is C18H16F3NO5. The van der Waals surface area contributed by atoms with Gasteiger partial charge in [0, 0.05) is 0 Å². The van der Waals surface area contributed by atoms with Crippen LogP contribution in [0.4, 0.5) is 13.2 Å². The van der Waals surface area contributed by atoms with E-state index in [-0.39, 0.29) is 19.0 Å². The van der Waals surface area contributed by atoms with Gasteiger partial charge in [-0.05, 0) is 38.1 Å². The third kappa shape index (κ3) is 4.04. The van der Waals surface area contributed by atoms with E-state index in [0.29, 0.717) is 0 Å². The molecular weight excluding hydrogens is 367 g/mol. The molecule has 9 heteroatoms. The Kier molecular flexibility index (Phi) is 5.07. The lowest BCUT2D eigenvalue weighted by atomic mass is 10.1. The normalized spacial score (nSPS) is 18.5. The number of ether oxygens (including phenoxy) is 3. The van der Waals surface area contributed by atoms with Crippen molar-refractivity contribution in [3.8, 4) is 17.0 Å². The van der Waals surface area contributed by atoms with Crippen LogP contribution in [0.2, 0.25) is 0 Å². The van der Waals surface area contributed by atoms with Gasteiger partial charge < -0.3 is 19.3 Å². The fraction of sp³-hybridized carbons (Fsp3) is 0.333. The Bertz CT molecular complexity index is 888. The molecule has 2 aromatic rings. The van der Waals surface area contributed by atoms with Gasteiger partial charge in [-0.2, -0.15) is 0 Å². The maximum absolute atomic E-state index is 14.8. The number of halogens is 3. The van der Waals surface area contributed by atoms with Crippen LogP contribution in [0, 0.1) is 17.5 Å². The van der Waals surface area contributed by atoms with E-state index in [0.717, 1.165) is 24.3 Å². The molecule has 1 N–H and O–H groups in total. The van der Waals surface area contributed by atoms with Crippen molar-refractivity contribution in [2.45, 2.75) is 25.7 Å². The zero-order valence-electron chi connectivity index (χ0n) is 14.5. The Hall–Kier alpha value is -2.65. The van der Waals surface area contributed by atoms with Crippen LogP contribution in [0.15, 0.2) is 24.3 Å². The molecule has 144 valence electrons. The minimum atomic E-state index is -1.45. The van der Waals surface area contributed by atoms with Crippen molar-refractivity contribution in [2.24, 2.45) is 0 Å². The summed E-state index contributed by atoms with van der Waals surface area (Å²) in [7, 11) is 0. The summed E-state index contributed by atoms with van der Waals surface area (Å²) in [6.07, 6.45) is -0.460. The van der Waals surface area contributed by atoms with Crippen LogP contribution < -0.4 is 4.74 Å². The second kappa shape index (κ2) is 7.16. The SMILES string of the molecule is CC1(C)OCC(COc2ccc(F)c(-c3nc(C(=O)O)ccc3F)c2F)O1. The number of hydrogen-bond donors (Lipinski definition) is 1. The van der Waals surface area contributed by atoms with Gasteiger partial charge in [-0.15, -0.1) is 0 Å². The van der Waals surface area contributed by atoms with E-state index < -0.39 is 52.3 Å². The highest BCUT2D eigenvalue weighted by Crippen LogP contribution is 2.33. The molecule has 3 rings (SSSR count). The third-order valence-corrected chi connectivity index (χ3v) is 3.85. The first-order valence-corrected chi connectivity index (χ1v) is 8.01. The van der Waals surface area contributed by atoms with Crippen LogP contribution >= 0.6 is 0 Å². The Labute approximate surface area is 152 Å². The number of aromatic nitrogens is 1. The molecule has 27 heavy (non-hydrogen) atoms. The molecule has 0 saturated carbocycles. The lowest BCUT2D eigenvalue weighted by Crippen LogP contribution is -2.25. The highest BCUT2D eigenvalue weighted by atomic mass is 19.1. The Morgan fingerprint density at radius 3 is 2.59 bits per heavy atom. The van der Waals surface area contributed by atoms with E-state index >= 15 is 0 Å². The molecule has 0 amide bonds. The Balaban J connectivity index is 1.90. The van der Waals surface area contributed by atoms with Crippen LogP contribution in [-0.4, -0.2) is 41.2 Å². The maximum atomic E-state index is 14.8. The van der Waals surface area contributed by atoms with Crippen LogP contribution in [0.5, 0.6) is 5.75 Å². The van der Waals surface area contributed by atoms with Crippen molar-refractivity contribution >= 4 is 5.97 Å². The summed E-state index contributed by atoms with van der Waals surface area (Å²) in [6.45, 7) is 3.59. The molecule has 1 aromatic heterocycles. The van der Waals surface area contributed by atoms with Gasteiger partial charge in [-0.25, -0.2) is 22.9 Å². The number of hydrogen-bond acceptors (Lipinski definition) is 5. The van der Waals surface area contributed by atoms with Crippen molar-refractivity contribution in [3.63, 3.8) is 0 Å². The molecule has 1 aliphatic heterocycles. The number of aromatic carboxylic acids is 1. The molecule has 0 spiro atoms. The van der Waals surface area contributed by atoms with Crippen LogP contribution in [0.3, 0.4) is 0 Å². The zero-order chi connectivity index (χ0) is 19.8. The van der Waals surface area contributed by atoms with Crippen molar-refractivity contribution in [2.75, 3.05) is 13.2 Å². The van der Waals surface area contributed by atoms with Crippen molar-refractivity contribution in [1.82, 2.24) is 4.98 Å². The van der Waals surface area contributed by atoms with Gasteiger partial charge in [0.1, 0.15) is 35.7 Å². The summed E-state index contributed by atoms with van der Waals surface area (Å²) >= 11 is 0. The van der Waals surface area contributed by atoms with Crippen molar-refractivity contribution < 1.29 is 37.3 Å². The van der Waals surface area contributed by atoms with Gasteiger partial charge in [0.15, 0.2) is 17.4 Å². The van der Waals surface area contributed by atoms with Crippen LogP contribution in [0.25, 0.3) is 11.3 Å². The van der Waals surface area contributed by atoms with Crippen molar-refractivity contribution in [1.29, 1.82) is 0 Å². The summed E-state index contributed by atoms with van der Waals surface area (Å²) in [5.41, 5.74) is -2.11. The minimum absolute atomic E-state index is 0.0729. The minimum Gasteiger partial charge on any atom is -0.488 e. The topological polar surface area (TPSA) is 77.9 Å². The van der Waals surface area contributed by atoms with E-state index in [1.807, 2.05) is 0 Å². The highest BCUT2D eigenvalue weighted by molar-refractivity contribution is 5.86. The average molecular weight is 383 g/mol. The molecule has 0 radical (unpaired) electrons. The first kappa shape index (κ1) is 19.1. The molecule has 1 unspecified atom stereocenters. The summed E-state index contributed by atoms with van der Waals surface area (Å²) in [5, 5.41) is 8.97. The number of nitrogens with zero attached hydrogens (tertiary/aromatic N) is 1. The number of carbonyl (C=O) groups is 1. The first-order valence-electron chi connectivity index (χ1n) is 8.01. The number of carboxylic acid groups (broad SMARTS) is 1. The smallest absolute Gasteiger partial charge is 0.354 e. The number of rotatable bonds is 5. The zero-order valence-corrected chi connectivity index (χ0v) is 14.5. The van der Waals surface area contributed by atoms with E-state index in [4.69, 9.17) is 19.3 Å². The summed E-state index contributed by atoms with van der Waals surface area (Å²) in [5.74, 6) is -5.95. The molecule has 1 aromatic carbocycles. The Morgan fingerprint density at radius 2 is 1.96 bits per heavy atom. The highest BCUT2D eigenvalue weighted by Gasteiger charge is 2.33. The third-order valence-electron chi connectivity index (χ3n) is 3.85. The van der Waals surface area contributed by atoms with E-state index in [1.165, 1.54) is 0 Å². The van der Waals surface area contributed by atoms with Crippen LogP contribution in [0.1, 0.15) is 24.3 Å². The fourth-order valence-corrected chi connectivity index (χ4v) is 2.63. The largest absolute Gasteiger partial charge is 0.488 e. The predicted molar refractivity (Wildman–Crippen MR) is 86.9 cm³/mol. The van der Waals surface area contributed by atoms with Gasteiger partial charge in [0.25, 0.3) is 0 Å². The quantitative estimate of drug-likeness (QED) is 0.853. The molecule has 0 aliphatic carbocycles. The number of benzene rings is 1. The summed E-state index contributed by atoms with van der Waals surface area (Å²) in [4.78, 5) is 14.5. The number of pyridine rings is 1. The second-order valence-electron chi connectivity index (χ2n) is 6.33. The van der Waals surface area contributed by atoms with Gasteiger partial charge in [0.05, 0.1) is 12.2 Å². The fourth-order valence-electron chi connectivity index (χ4n) is 2.63. The van der Waals surface area contributed by atoms with Gasteiger partial charge in [-0.1, -0.05) is 0 Å². The van der Waals surface area contributed by atoms with E-state index in [2.05, 4.69) is 4.98 Å². The molecule has 1 aliphatic rings. The lowest BCUT2D eigenvalue weighted by molar-refractivity contribution is -0.141. The molecule has 0 bridgehead atoms.